The predicted octanol–water partition coefficient (Wildman–Crippen LogP) is 3.05. The molecule has 1 aromatic carbocycles. The van der Waals surface area contributed by atoms with Crippen molar-refractivity contribution in [2.75, 3.05) is 13.1 Å². The minimum atomic E-state index is 0.935. The average molecular weight is 252 g/mol. The number of benzene rings is 1. The van der Waals surface area contributed by atoms with Crippen LogP contribution in [0.15, 0.2) is 47.1 Å². The quantitative estimate of drug-likeness (QED) is 0.721. The van der Waals surface area contributed by atoms with E-state index in [0.717, 1.165) is 37.4 Å². The summed E-state index contributed by atoms with van der Waals surface area (Å²) in [6.45, 7) is 3.18. The maximum Gasteiger partial charge on any atom is 0.133 e. The van der Waals surface area contributed by atoms with Crippen molar-refractivity contribution in [3.05, 3.63) is 48.4 Å². The van der Waals surface area contributed by atoms with Crippen molar-refractivity contribution in [3.8, 4) is 11.3 Å². The SMILES string of the molecule is c1coc(-c2ccc3c(c2)cc2n3CCNCC2)c1. The molecule has 19 heavy (non-hydrogen) atoms. The molecule has 3 nitrogen and oxygen atoms in total. The van der Waals surface area contributed by atoms with Crippen molar-refractivity contribution in [2.45, 2.75) is 13.0 Å². The van der Waals surface area contributed by atoms with Crippen molar-refractivity contribution >= 4 is 10.9 Å². The fourth-order valence-electron chi connectivity index (χ4n) is 2.93. The summed E-state index contributed by atoms with van der Waals surface area (Å²) in [7, 11) is 0. The summed E-state index contributed by atoms with van der Waals surface area (Å²) in [5, 5.41) is 4.75. The van der Waals surface area contributed by atoms with Crippen molar-refractivity contribution in [1.29, 1.82) is 0 Å². The lowest BCUT2D eigenvalue weighted by atomic mass is 10.1. The number of hydrogen-bond acceptors (Lipinski definition) is 2. The largest absolute Gasteiger partial charge is 0.464 e. The molecule has 3 aromatic rings. The van der Waals surface area contributed by atoms with Gasteiger partial charge in [-0.1, -0.05) is 0 Å². The van der Waals surface area contributed by atoms with Crippen LogP contribution >= 0.6 is 0 Å². The van der Waals surface area contributed by atoms with Gasteiger partial charge in [0.15, 0.2) is 0 Å². The number of hydrogen-bond donors (Lipinski definition) is 1. The number of fused-ring (bicyclic) bond motifs is 3. The van der Waals surface area contributed by atoms with Gasteiger partial charge < -0.3 is 14.3 Å². The third-order valence-corrected chi connectivity index (χ3v) is 3.86. The minimum Gasteiger partial charge on any atom is -0.464 e. The molecule has 0 bridgehead atoms. The standard InChI is InChI=1S/C16H16N2O/c1-2-16(19-9-1)12-3-4-15-13(10-12)11-14-5-6-17-7-8-18(14)15/h1-4,9-11,17H,5-8H2. The molecule has 1 aliphatic heterocycles. The van der Waals surface area contributed by atoms with E-state index in [-0.39, 0.29) is 0 Å². The lowest BCUT2D eigenvalue weighted by molar-refractivity contribution is 0.582. The first-order valence-corrected chi connectivity index (χ1v) is 6.78. The topological polar surface area (TPSA) is 30.1 Å². The van der Waals surface area contributed by atoms with Crippen LogP contribution in [0.25, 0.3) is 22.2 Å². The molecule has 0 radical (unpaired) electrons. The second-order valence-electron chi connectivity index (χ2n) is 5.04. The van der Waals surface area contributed by atoms with E-state index in [1.807, 2.05) is 12.1 Å². The third kappa shape index (κ3) is 1.78. The summed E-state index contributed by atoms with van der Waals surface area (Å²) in [4.78, 5) is 0. The number of nitrogens with one attached hydrogen (secondary N) is 1. The summed E-state index contributed by atoms with van der Waals surface area (Å²) in [6.07, 6.45) is 2.82. The van der Waals surface area contributed by atoms with E-state index in [4.69, 9.17) is 4.42 Å². The molecule has 3 heterocycles. The van der Waals surface area contributed by atoms with Gasteiger partial charge in [-0.25, -0.2) is 0 Å². The predicted molar refractivity (Wildman–Crippen MR) is 76.2 cm³/mol. The zero-order valence-corrected chi connectivity index (χ0v) is 10.7. The smallest absolute Gasteiger partial charge is 0.133 e. The molecule has 96 valence electrons. The van der Waals surface area contributed by atoms with Gasteiger partial charge >= 0.3 is 0 Å². The van der Waals surface area contributed by atoms with Gasteiger partial charge in [0.05, 0.1) is 6.26 Å². The zero-order valence-electron chi connectivity index (χ0n) is 10.7. The first kappa shape index (κ1) is 10.9. The lowest BCUT2D eigenvalue weighted by Gasteiger charge is -2.06. The summed E-state index contributed by atoms with van der Waals surface area (Å²) in [5.41, 5.74) is 3.90. The van der Waals surface area contributed by atoms with E-state index in [1.54, 1.807) is 6.26 Å². The van der Waals surface area contributed by atoms with Crippen LogP contribution in [0.4, 0.5) is 0 Å². The Kier molecular flexibility index (Phi) is 2.45. The average Bonchev–Trinajstić information content (AvgIpc) is 3.01. The summed E-state index contributed by atoms with van der Waals surface area (Å²) < 4.78 is 7.91. The van der Waals surface area contributed by atoms with Crippen LogP contribution in [0.3, 0.4) is 0 Å². The van der Waals surface area contributed by atoms with Gasteiger partial charge in [0.2, 0.25) is 0 Å². The fourth-order valence-corrected chi connectivity index (χ4v) is 2.93. The molecule has 0 saturated heterocycles. The Bertz CT molecular complexity index is 710. The second-order valence-corrected chi connectivity index (χ2v) is 5.04. The van der Waals surface area contributed by atoms with Crippen LogP contribution in [-0.2, 0) is 13.0 Å². The van der Waals surface area contributed by atoms with E-state index >= 15 is 0 Å². The van der Waals surface area contributed by atoms with E-state index in [9.17, 15) is 0 Å². The molecule has 2 aromatic heterocycles. The molecule has 3 heteroatoms. The van der Waals surface area contributed by atoms with Gasteiger partial charge in [-0.05, 0) is 36.4 Å². The highest BCUT2D eigenvalue weighted by molar-refractivity contribution is 5.86. The number of aromatic nitrogens is 1. The highest BCUT2D eigenvalue weighted by atomic mass is 16.3. The van der Waals surface area contributed by atoms with E-state index in [0.29, 0.717) is 0 Å². The van der Waals surface area contributed by atoms with Gasteiger partial charge in [0.25, 0.3) is 0 Å². The van der Waals surface area contributed by atoms with Crippen LogP contribution in [0.1, 0.15) is 5.69 Å². The molecule has 0 saturated carbocycles. The molecule has 0 fully saturated rings. The monoisotopic (exact) mass is 252 g/mol. The summed E-state index contributed by atoms with van der Waals surface area (Å²) >= 11 is 0. The van der Waals surface area contributed by atoms with Crippen molar-refractivity contribution in [3.63, 3.8) is 0 Å². The van der Waals surface area contributed by atoms with E-state index in [1.165, 1.54) is 16.6 Å². The minimum absolute atomic E-state index is 0.935. The van der Waals surface area contributed by atoms with Gasteiger partial charge in [-0.15, -0.1) is 0 Å². The highest BCUT2D eigenvalue weighted by Gasteiger charge is 2.12. The lowest BCUT2D eigenvalue weighted by Crippen LogP contribution is -2.17. The van der Waals surface area contributed by atoms with Crippen LogP contribution in [0.5, 0.6) is 0 Å². The first-order chi connectivity index (χ1) is 9.42. The maximum absolute atomic E-state index is 5.47. The van der Waals surface area contributed by atoms with Crippen LogP contribution in [0.2, 0.25) is 0 Å². The third-order valence-electron chi connectivity index (χ3n) is 3.86. The molecule has 0 atom stereocenters. The molecule has 0 aliphatic carbocycles. The molecule has 0 unspecified atom stereocenters. The van der Waals surface area contributed by atoms with Crippen molar-refractivity contribution in [2.24, 2.45) is 0 Å². The molecule has 1 aliphatic rings. The summed E-state index contributed by atoms with van der Waals surface area (Å²) in [6, 6.07) is 12.8. The van der Waals surface area contributed by atoms with Crippen molar-refractivity contribution in [1.82, 2.24) is 9.88 Å². The number of nitrogens with zero attached hydrogens (tertiary/aromatic N) is 1. The Balaban J connectivity index is 1.87. The number of furan rings is 1. The zero-order chi connectivity index (χ0) is 12.7. The molecular weight excluding hydrogens is 236 g/mol. The van der Waals surface area contributed by atoms with Gasteiger partial charge in [-0.3, -0.25) is 0 Å². The Morgan fingerprint density at radius 3 is 3.00 bits per heavy atom. The van der Waals surface area contributed by atoms with Crippen LogP contribution < -0.4 is 5.32 Å². The van der Waals surface area contributed by atoms with Gasteiger partial charge in [0, 0.05) is 48.2 Å². The molecular formula is C16H16N2O. The Hall–Kier alpha value is -2.00. The number of rotatable bonds is 1. The Morgan fingerprint density at radius 1 is 1.11 bits per heavy atom. The van der Waals surface area contributed by atoms with Crippen LogP contribution in [-0.4, -0.2) is 17.7 Å². The highest BCUT2D eigenvalue weighted by Crippen LogP contribution is 2.27. The fraction of sp³-hybridized carbons (Fsp3) is 0.250. The van der Waals surface area contributed by atoms with Gasteiger partial charge in [0.1, 0.15) is 5.76 Å². The van der Waals surface area contributed by atoms with Crippen LogP contribution in [0, 0.1) is 0 Å². The van der Waals surface area contributed by atoms with Gasteiger partial charge in [-0.2, -0.15) is 0 Å². The molecule has 1 N–H and O–H groups in total. The normalized spacial score (nSPS) is 15.4. The maximum atomic E-state index is 5.47. The summed E-state index contributed by atoms with van der Waals surface area (Å²) in [5.74, 6) is 0.935. The molecule has 4 rings (SSSR count). The molecule has 0 amide bonds. The Morgan fingerprint density at radius 2 is 2.11 bits per heavy atom. The second kappa shape index (κ2) is 4.28. The Labute approximate surface area is 111 Å². The van der Waals surface area contributed by atoms with E-state index < -0.39 is 0 Å². The first-order valence-electron chi connectivity index (χ1n) is 6.78. The van der Waals surface area contributed by atoms with Crippen molar-refractivity contribution < 1.29 is 4.42 Å². The van der Waals surface area contributed by atoms with E-state index in [2.05, 4.69) is 34.1 Å². The molecule has 0 spiro atoms.